The van der Waals surface area contributed by atoms with Crippen molar-refractivity contribution in [1.29, 1.82) is 0 Å². The van der Waals surface area contributed by atoms with Crippen LogP contribution in [-0.4, -0.2) is 70.1 Å². The molecule has 1 aliphatic heterocycles. The molecular formula is C14H28N4O2S. The van der Waals surface area contributed by atoms with Crippen molar-refractivity contribution in [3.63, 3.8) is 0 Å². The molecule has 122 valence electrons. The largest absolute Gasteiger partial charge is 0.354 e. The summed E-state index contributed by atoms with van der Waals surface area (Å²) in [6.45, 7) is 2.56. The highest BCUT2D eigenvalue weighted by atomic mass is 32.2. The average molecular weight is 316 g/mol. The van der Waals surface area contributed by atoms with Gasteiger partial charge in [0.2, 0.25) is 0 Å². The third kappa shape index (κ3) is 5.82. The van der Waals surface area contributed by atoms with E-state index in [0.717, 1.165) is 31.9 Å². The summed E-state index contributed by atoms with van der Waals surface area (Å²) in [6, 6.07) is 1.02. The second-order valence-electron chi connectivity index (χ2n) is 6.23. The molecule has 2 fully saturated rings. The molecule has 1 heterocycles. The van der Waals surface area contributed by atoms with E-state index in [4.69, 9.17) is 0 Å². The van der Waals surface area contributed by atoms with Crippen molar-refractivity contribution in [3.05, 3.63) is 0 Å². The summed E-state index contributed by atoms with van der Waals surface area (Å²) in [6.07, 6.45) is 7.17. The molecule has 21 heavy (non-hydrogen) atoms. The highest BCUT2D eigenvalue weighted by molar-refractivity contribution is 7.90. The molecule has 6 nitrogen and oxygen atoms in total. The number of sulfone groups is 1. The van der Waals surface area contributed by atoms with E-state index in [9.17, 15) is 8.42 Å². The van der Waals surface area contributed by atoms with Gasteiger partial charge in [-0.25, -0.2) is 8.42 Å². The van der Waals surface area contributed by atoms with E-state index in [2.05, 4.69) is 20.5 Å². The molecule has 2 rings (SSSR count). The lowest BCUT2D eigenvalue weighted by Gasteiger charge is -2.34. The van der Waals surface area contributed by atoms with Gasteiger partial charge in [0.05, 0.1) is 5.75 Å². The summed E-state index contributed by atoms with van der Waals surface area (Å²) in [7, 11) is -1.04. The first-order chi connectivity index (χ1) is 9.96. The maximum Gasteiger partial charge on any atom is 0.191 e. The van der Waals surface area contributed by atoms with Crippen LogP contribution in [0.1, 0.15) is 32.1 Å². The first-order valence-corrected chi connectivity index (χ1v) is 9.92. The molecule has 0 spiro atoms. The molecule has 0 aromatic carbocycles. The zero-order chi connectivity index (χ0) is 15.3. The third-order valence-corrected chi connectivity index (χ3v) is 5.30. The lowest BCUT2D eigenvalue weighted by atomic mass is 9.93. The summed E-state index contributed by atoms with van der Waals surface area (Å²) in [4.78, 5) is 6.53. The number of likely N-dealkylation sites (tertiary alicyclic amines) is 1. The lowest BCUT2D eigenvalue weighted by molar-refractivity contribution is 0.215. The Morgan fingerprint density at radius 2 is 1.71 bits per heavy atom. The molecule has 0 aromatic heterocycles. The lowest BCUT2D eigenvalue weighted by Crippen LogP contribution is -2.52. The number of aliphatic imine (C=N–C) groups is 1. The monoisotopic (exact) mass is 316 g/mol. The van der Waals surface area contributed by atoms with Crippen LogP contribution in [0.3, 0.4) is 0 Å². The summed E-state index contributed by atoms with van der Waals surface area (Å²) in [5.41, 5.74) is 0. The Balaban J connectivity index is 1.68. The number of nitrogens with zero attached hydrogens (tertiary/aromatic N) is 2. The van der Waals surface area contributed by atoms with E-state index in [-0.39, 0.29) is 5.75 Å². The molecule has 0 radical (unpaired) electrons. The maximum atomic E-state index is 11.2. The molecule has 0 atom stereocenters. The van der Waals surface area contributed by atoms with Crippen molar-refractivity contribution in [2.75, 3.05) is 38.7 Å². The van der Waals surface area contributed by atoms with Gasteiger partial charge in [-0.15, -0.1) is 0 Å². The molecule has 2 aliphatic rings. The van der Waals surface area contributed by atoms with E-state index in [0.29, 0.717) is 18.6 Å². The van der Waals surface area contributed by atoms with Crippen LogP contribution in [0.4, 0.5) is 0 Å². The fraction of sp³-hybridized carbons (Fsp3) is 0.929. The van der Waals surface area contributed by atoms with Crippen molar-refractivity contribution >= 4 is 15.8 Å². The first kappa shape index (κ1) is 16.5. The number of nitrogens with one attached hydrogen (secondary N) is 2. The zero-order valence-electron chi connectivity index (χ0n) is 13.1. The minimum Gasteiger partial charge on any atom is -0.354 e. The molecule has 0 aromatic rings. The fourth-order valence-electron chi connectivity index (χ4n) is 2.71. The molecule has 1 saturated heterocycles. The van der Waals surface area contributed by atoms with Gasteiger partial charge in [-0.05, 0) is 32.1 Å². The Labute approximate surface area is 128 Å². The van der Waals surface area contributed by atoms with Crippen molar-refractivity contribution in [2.45, 2.75) is 44.2 Å². The Hall–Kier alpha value is -0.820. The van der Waals surface area contributed by atoms with Gasteiger partial charge in [0, 0.05) is 45.0 Å². The fourth-order valence-corrected chi connectivity index (χ4v) is 3.30. The van der Waals surface area contributed by atoms with Gasteiger partial charge >= 0.3 is 0 Å². The van der Waals surface area contributed by atoms with Gasteiger partial charge < -0.3 is 15.5 Å². The summed E-state index contributed by atoms with van der Waals surface area (Å²) < 4.78 is 22.4. The minimum absolute atomic E-state index is 0.260. The van der Waals surface area contributed by atoms with Gasteiger partial charge in [-0.3, -0.25) is 4.99 Å². The highest BCUT2D eigenvalue weighted by Crippen LogP contribution is 2.18. The number of hydrogen-bond donors (Lipinski definition) is 2. The number of rotatable bonds is 5. The van der Waals surface area contributed by atoms with Gasteiger partial charge in [-0.1, -0.05) is 0 Å². The topological polar surface area (TPSA) is 73.8 Å². The summed E-state index contributed by atoms with van der Waals surface area (Å²) in [5.74, 6) is 1.17. The van der Waals surface area contributed by atoms with E-state index in [1.165, 1.54) is 25.5 Å². The molecular weight excluding hydrogens is 288 g/mol. The van der Waals surface area contributed by atoms with Crippen LogP contribution in [0.15, 0.2) is 4.99 Å². The van der Waals surface area contributed by atoms with Gasteiger partial charge in [0.1, 0.15) is 9.84 Å². The molecule has 2 N–H and O–H groups in total. The van der Waals surface area contributed by atoms with Crippen LogP contribution < -0.4 is 10.6 Å². The Morgan fingerprint density at radius 3 is 2.14 bits per heavy atom. The van der Waals surface area contributed by atoms with Crippen LogP contribution in [-0.2, 0) is 9.84 Å². The van der Waals surface area contributed by atoms with E-state index >= 15 is 0 Å². The molecule has 7 heteroatoms. The SMILES string of the molecule is CN=C(NC1CCC1)NC1CCN(CCS(C)(=O)=O)CC1. The zero-order valence-corrected chi connectivity index (χ0v) is 14.0. The summed E-state index contributed by atoms with van der Waals surface area (Å²) in [5, 5.41) is 6.94. The second-order valence-corrected chi connectivity index (χ2v) is 8.49. The van der Waals surface area contributed by atoms with Crippen LogP contribution in [0.2, 0.25) is 0 Å². The van der Waals surface area contributed by atoms with E-state index in [1.807, 2.05) is 7.05 Å². The Kier molecular flexibility index (Phi) is 5.87. The minimum atomic E-state index is -2.86. The smallest absolute Gasteiger partial charge is 0.191 e. The molecule has 1 aliphatic carbocycles. The van der Waals surface area contributed by atoms with Gasteiger partial charge in [0.15, 0.2) is 5.96 Å². The Bertz CT molecular complexity index is 452. The molecule has 0 bridgehead atoms. The van der Waals surface area contributed by atoms with Crippen molar-refractivity contribution in [2.24, 2.45) is 4.99 Å². The first-order valence-electron chi connectivity index (χ1n) is 7.86. The van der Waals surface area contributed by atoms with Crippen LogP contribution in [0.5, 0.6) is 0 Å². The highest BCUT2D eigenvalue weighted by Gasteiger charge is 2.23. The number of guanidine groups is 1. The van der Waals surface area contributed by atoms with Gasteiger partial charge in [0.25, 0.3) is 0 Å². The Morgan fingerprint density at radius 1 is 1.14 bits per heavy atom. The van der Waals surface area contributed by atoms with Crippen molar-refractivity contribution < 1.29 is 8.42 Å². The quantitative estimate of drug-likeness (QED) is 0.560. The van der Waals surface area contributed by atoms with Crippen LogP contribution >= 0.6 is 0 Å². The normalized spacial score (nSPS) is 22.9. The maximum absolute atomic E-state index is 11.2. The van der Waals surface area contributed by atoms with Crippen molar-refractivity contribution in [1.82, 2.24) is 15.5 Å². The van der Waals surface area contributed by atoms with E-state index in [1.54, 1.807) is 0 Å². The van der Waals surface area contributed by atoms with Crippen molar-refractivity contribution in [3.8, 4) is 0 Å². The predicted octanol–water partition coefficient (Wildman–Crippen LogP) is 0.213. The average Bonchev–Trinajstić information content (AvgIpc) is 2.39. The second kappa shape index (κ2) is 7.45. The van der Waals surface area contributed by atoms with Crippen LogP contribution in [0, 0.1) is 0 Å². The standard InChI is InChI=1S/C14H28N4O2S/c1-15-14(16-12-4-3-5-12)17-13-6-8-18(9-7-13)10-11-21(2,19)20/h12-13H,3-11H2,1-2H3,(H2,15,16,17). The summed E-state index contributed by atoms with van der Waals surface area (Å²) >= 11 is 0. The van der Waals surface area contributed by atoms with E-state index < -0.39 is 9.84 Å². The number of hydrogen-bond acceptors (Lipinski definition) is 4. The van der Waals surface area contributed by atoms with Gasteiger partial charge in [-0.2, -0.15) is 0 Å². The predicted molar refractivity (Wildman–Crippen MR) is 86.4 cm³/mol. The molecule has 1 saturated carbocycles. The van der Waals surface area contributed by atoms with Crippen LogP contribution in [0.25, 0.3) is 0 Å². The third-order valence-electron chi connectivity index (χ3n) is 4.38. The molecule has 0 amide bonds. The molecule has 0 unspecified atom stereocenters. The number of piperidine rings is 1.